The van der Waals surface area contributed by atoms with Crippen molar-refractivity contribution >= 4 is 19.1 Å². The van der Waals surface area contributed by atoms with Crippen LogP contribution in [0.1, 0.15) is 0 Å². The van der Waals surface area contributed by atoms with Crippen molar-refractivity contribution in [2.24, 2.45) is 0 Å². The molecular formula is C12H19F6N2O5P. The van der Waals surface area contributed by atoms with Gasteiger partial charge in [-0.05, 0) is 6.66 Å². The Balaban J connectivity index is 0.000000390. The Bertz CT molecular complexity index is 499. The zero-order valence-corrected chi connectivity index (χ0v) is 14.5. The second-order valence-electron chi connectivity index (χ2n) is 5.70. The van der Waals surface area contributed by atoms with Gasteiger partial charge >= 0.3 is 24.3 Å². The number of carboxylic acids is 2. The monoisotopic (exact) mass is 416 g/mol. The number of hydrogen-bond donors (Lipinski definition) is 3. The van der Waals surface area contributed by atoms with Crippen molar-refractivity contribution in [3.63, 3.8) is 0 Å². The number of halogens is 6. The van der Waals surface area contributed by atoms with Gasteiger partial charge in [0.1, 0.15) is 0 Å². The number of nitrogens with one attached hydrogen (secondary N) is 1. The van der Waals surface area contributed by atoms with Crippen LogP contribution in [0.4, 0.5) is 26.3 Å². The first-order valence-corrected chi connectivity index (χ1v) is 9.69. The van der Waals surface area contributed by atoms with E-state index >= 15 is 0 Å². The lowest BCUT2D eigenvalue weighted by molar-refractivity contribution is -0.193. The van der Waals surface area contributed by atoms with Gasteiger partial charge in [-0.15, -0.1) is 0 Å². The molecule has 2 rings (SSSR count). The largest absolute Gasteiger partial charge is 0.490 e. The summed E-state index contributed by atoms with van der Waals surface area (Å²) in [7, 11) is -1.71. The number of nitrogens with zero attached hydrogens (tertiary/aromatic N) is 1. The average molecular weight is 416 g/mol. The Hall–Kier alpha value is -1.33. The van der Waals surface area contributed by atoms with Gasteiger partial charge in [0.25, 0.3) is 0 Å². The molecule has 0 amide bonds. The minimum absolute atomic E-state index is 0.741. The molecule has 3 N–H and O–H groups in total. The van der Waals surface area contributed by atoms with E-state index in [1.54, 1.807) is 0 Å². The summed E-state index contributed by atoms with van der Waals surface area (Å²) in [6, 6.07) is 0.741. The lowest BCUT2D eigenvalue weighted by Gasteiger charge is -2.41. The molecule has 2 aliphatic heterocycles. The van der Waals surface area contributed by atoms with E-state index in [1.807, 2.05) is 6.66 Å². The number of alkyl halides is 6. The second kappa shape index (κ2) is 9.56. The first-order valence-electron chi connectivity index (χ1n) is 7.17. The van der Waals surface area contributed by atoms with Crippen molar-refractivity contribution in [3.05, 3.63) is 0 Å². The van der Waals surface area contributed by atoms with E-state index in [-0.39, 0.29) is 0 Å². The number of hydrogen-bond acceptors (Lipinski definition) is 5. The van der Waals surface area contributed by atoms with Gasteiger partial charge in [0, 0.05) is 44.5 Å². The Morgan fingerprint density at radius 3 is 1.46 bits per heavy atom. The summed E-state index contributed by atoms with van der Waals surface area (Å²) in [5, 5.41) is 17.5. The molecule has 2 saturated heterocycles. The Morgan fingerprint density at radius 1 is 0.962 bits per heavy atom. The number of rotatable bonds is 1. The summed E-state index contributed by atoms with van der Waals surface area (Å²) in [6.07, 6.45) is -8.30. The molecule has 0 aromatic carbocycles. The van der Waals surface area contributed by atoms with Crippen LogP contribution in [0.5, 0.6) is 0 Å². The fraction of sp³-hybridized carbons (Fsp3) is 0.833. The van der Waals surface area contributed by atoms with Crippen LogP contribution in [0.15, 0.2) is 0 Å². The SMILES string of the molecule is CP1(=O)CCN(C2CNC2)CC1.O=C(O)C(F)(F)F.O=C(O)C(F)(F)F. The van der Waals surface area contributed by atoms with Gasteiger partial charge in [-0.25, -0.2) is 9.59 Å². The average Bonchev–Trinajstić information content (AvgIpc) is 2.38. The third kappa shape index (κ3) is 9.97. The van der Waals surface area contributed by atoms with Crippen molar-refractivity contribution in [3.8, 4) is 0 Å². The molecule has 2 fully saturated rings. The molecule has 0 unspecified atom stereocenters. The van der Waals surface area contributed by atoms with Crippen LogP contribution in [-0.4, -0.2) is 90.6 Å². The number of carboxylic acid groups (broad SMARTS) is 2. The summed E-state index contributed by atoms with van der Waals surface area (Å²) in [6.45, 7) is 6.33. The van der Waals surface area contributed by atoms with Gasteiger partial charge in [0.05, 0.1) is 7.14 Å². The van der Waals surface area contributed by atoms with Crippen LogP contribution in [-0.2, 0) is 14.2 Å². The molecule has 0 spiro atoms. The maximum Gasteiger partial charge on any atom is 0.490 e. The van der Waals surface area contributed by atoms with Crippen molar-refractivity contribution in [1.82, 2.24) is 10.2 Å². The van der Waals surface area contributed by atoms with E-state index in [0.29, 0.717) is 0 Å². The zero-order valence-electron chi connectivity index (χ0n) is 13.6. The molecular weight excluding hydrogens is 397 g/mol. The standard InChI is InChI=1S/C8H17N2OP.2C2HF3O2/c1-12(11)4-2-10(3-5-12)8-6-9-7-8;2*3-2(4,5)1(6)7/h8-9H,2-7H2,1H3;2*(H,6,7). The highest BCUT2D eigenvalue weighted by atomic mass is 31.2. The van der Waals surface area contributed by atoms with Crippen molar-refractivity contribution in [2.45, 2.75) is 18.4 Å². The van der Waals surface area contributed by atoms with Gasteiger partial charge in [-0.3, -0.25) is 4.90 Å². The molecule has 0 aromatic heterocycles. The molecule has 0 aromatic rings. The predicted molar refractivity (Wildman–Crippen MR) is 78.9 cm³/mol. The Labute approximate surface area is 144 Å². The zero-order chi connectivity index (χ0) is 20.8. The molecule has 0 radical (unpaired) electrons. The molecule has 2 aliphatic rings. The molecule has 0 bridgehead atoms. The Kier molecular flexibility index (Phi) is 9.07. The van der Waals surface area contributed by atoms with Gasteiger partial charge in [-0.1, -0.05) is 0 Å². The molecule has 7 nitrogen and oxygen atoms in total. The van der Waals surface area contributed by atoms with Crippen LogP contribution in [0.2, 0.25) is 0 Å². The highest BCUT2D eigenvalue weighted by Crippen LogP contribution is 2.43. The fourth-order valence-corrected chi connectivity index (χ4v) is 3.38. The second-order valence-corrected chi connectivity index (χ2v) is 9.19. The van der Waals surface area contributed by atoms with Gasteiger partial charge < -0.3 is 20.1 Å². The van der Waals surface area contributed by atoms with Crippen molar-refractivity contribution < 1.29 is 50.7 Å². The normalized spacial score (nSPS) is 20.6. The van der Waals surface area contributed by atoms with E-state index in [0.717, 1.165) is 44.5 Å². The summed E-state index contributed by atoms with van der Waals surface area (Å²) in [5.41, 5.74) is 0. The molecule has 154 valence electrons. The third-order valence-electron chi connectivity index (χ3n) is 3.48. The predicted octanol–water partition coefficient (Wildman–Crippen LogP) is 1.53. The maximum atomic E-state index is 11.7. The minimum Gasteiger partial charge on any atom is -0.475 e. The van der Waals surface area contributed by atoms with Gasteiger partial charge in [0.2, 0.25) is 0 Å². The summed E-state index contributed by atoms with van der Waals surface area (Å²) in [4.78, 5) is 20.3. The van der Waals surface area contributed by atoms with Crippen molar-refractivity contribution in [1.29, 1.82) is 0 Å². The van der Waals surface area contributed by atoms with Crippen LogP contribution in [0.3, 0.4) is 0 Å². The first-order chi connectivity index (χ1) is 11.6. The molecule has 0 saturated carbocycles. The molecule has 14 heteroatoms. The molecule has 0 aliphatic carbocycles. The van der Waals surface area contributed by atoms with Crippen LogP contribution in [0.25, 0.3) is 0 Å². The third-order valence-corrected chi connectivity index (χ3v) is 5.77. The van der Waals surface area contributed by atoms with Crippen LogP contribution >= 0.6 is 7.14 Å². The smallest absolute Gasteiger partial charge is 0.475 e. The summed E-state index contributed by atoms with van der Waals surface area (Å²) in [5.74, 6) is -5.51. The van der Waals surface area contributed by atoms with E-state index in [1.165, 1.54) is 0 Å². The lowest BCUT2D eigenvalue weighted by Crippen LogP contribution is -2.59. The topological polar surface area (TPSA) is 107 Å². The molecule has 26 heavy (non-hydrogen) atoms. The van der Waals surface area contributed by atoms with Crippen LogP contribution in [0, 0.1) is 0 Å². The van der Waals surface area contributed by atoms with Crippen molar-refractivity contribution in [2.75, 3.05) is 45.2 Å². The minimum atomic E-state index is -5.08. The van der Waals surface area contributed by atoms with E-state index in [9.17, 15) is 30.9 Å². The number of aliphatic carboxylic acids is 2. The quantitative estimate of drug-likeness (QED) is 0.440. The first kappa shape index (κ1) is 24.7. The van der Waals surface area contributed by atoms with Crippen LogP contribution < -0.4 is 5.32 Å². The van der Waals surface area contributed by atoms with E-state index < -0.39 is 31.4 Å². The number of carbonyl (C=O) groups is 2. The fourth-order valence-electron chi connectivity index (χ4n) is 1.80. The van der Waals surface area contributed by atoms with Gasteiger partial charge in [-0.2, -0.15) is 26.3 Å². The lowest BCUT2D eigenvalue weighted by atomic mass is 10.1. The molecule has 2 heterocycles. The Morgan fingerprint density at radius 2 is 1.27 bits per heavy atom. The van der Waals surface area contributed by atoms with E-state index in [4.69, 9.17) is 19.8 Å². The van der Waals surface area contributed by atoms with Gasteiger partial charge in [0.15, 0.2) is 0 Å². The highest BCUT2D eigenvalue weighted by molar-refractivity contribution is 7.63. The molecule has 0 atom stereocenters. The maximum absolute atomic E-state index is 11.7. The highest BCUT2D eigenvalue weighted by Gasteiger charge is 2.38. The summed E-state index contributed by atoms with van der Waals surface area (Å²) < 4.78 is 75.1. The summed E-state index contributed by atoms with van der Waals surface area (Å²) >= 11 is 0. The van der Waals surface area contributed by atoms with E-state index in [2.05, 4.69) is 10.2 Å².